The lowest BCUT2D eigenvalue weighted by molar-refractivity contribution is -0.384. The summed E-state index contributed by atoms with van der Waals surface area (Å²) in [5.41, 5.74) is 1.39. The average Bonchev–Trinajstić information content (AvgIpc) is 2.94. The third-order valence-electron chi connectivity index (χ3n) is 3.22. The highest BCUT2D eigenvalue weighted by Crippen LogP contribution is 2.16. The molecule has 122 valence electrons. The fraction of sp³-hybridized carbons (Fsp3) is 0.333. The van der Waals surface area contributed by atoms with Gasteiger partial charge in [0.15, 0.2) is 0 Å². The normalized spacial score (nSPS) is 10.7. The fourth-order valence-electron chi connectivity index (χ4n) is 2.17. The third kappa shape index (κ3) is 4.89. The van der Waals surface area contributed by atoms with Crippen molar-refractivity contribution in [3.63, 3.8) is 0 Å². The van der Waals surface area contributed by atoms with Crippen LogP contribution in [0.1, 0.15) is 12.5 Å². The number of nitrogens with zero attached hydrogens (tertiary/aromatic N) is 4. The molecule has 0 unspecified atom stereocenters. The second kappa shape index (κ2) is 7.50. The molecule has 0 aliphatic heterocycles. The Labute approximate surface area is 133 Å². The highest BCUT2D eigenvalue weighted by Gasteiger charge is 2.11. The number of rotatable bonds is 7. The highest BCUT2D eigenvalue weighted by atomic mass is 16.6. The third-order valence-corrected chi connectivity index (χ3v) is 3.22. The maximum atomic E-state index is 12.0. The van der Waals surface area contributed by atoms with Crippen LogP contribution in [-0.4, -0.2) is 39.1 Å². The summed E-state index contributed by atoms with van der Waals surface area (Å²) in [6, 6.07) is 5.88. The smallest absolute Gasteiger partial charge is 0.271 e. The number of hydrogen-bond donors (Lipinski definition) is 1. The first-order valence-electron chi connectivity index (χ1n) is 7.22. The van der Waals surface area contributed by atoms with Gasteiger partial charge in [-0.25, -0.2) is 0 Å². The van der Waals surface area contributed by atoms with Gasteiger partial charge in [-0.05, 0) is 20.0 Å². The number of nitro benzene ring substituents is 1. The van der Waals surface area contributed by atoms with E-state index >= 15 is 0 Å². The van der Waals surface area contributed by atoms with Crippen LogP contribution in [0.5, 0.6) is 0 Å². The monoisotopic (exact) mass is 317 g/mol. The van der Waals surface area contributed by atoms with E-state index < -0.39 is 4.92 Å². The summed E-state index contributed by atoms with van der Waals surface area (Å²) >= 11 is 0. The largest absolute Gasteiger partial charge is 0.325 e. The fourth-order valence-corrected chi connectivity index (χ4v) is 2.17. The summed E-state index contributed by atoms with van der Waals surface area (Å²) in [4.78, 5) is 24.1. The zero-order valence-electron chi connectivity index (χ0n) is 13.1. The van der Waals surface area contributed by atoms with Crippen LogP contribution in [0.15, 0.2) is 36.7 Å². The van der Waals surface area contributed by atoms with Crippen molar-refractivity contribution in [1.82, 2.24) is 14.7 Å². The summed E-state index contributed by atoms with van der Waals surface area (Å²) in [6.07, 6.45) is 3.72. The molecule has 0 saturated carbocycles. The van der Waals surface area contributed by atoms with Gasteiger partial charge in [-0.15, -0.1) is 0 Å². The summed E-state index contributed by atoms with van der Waals surface area (Å²) in [6.45, 7) is 3.59. The molecule has 23 heavy (non-hydrogen) atoms. The van der Waals surface area contributed by atoms with Crippen molar-refractivity contribution < 1.29 is 9.72 Å². The number of aryl methyl sites for hydroxylation is 1. The van der Waals surface area contributed by atoms with Gasteiger partial charge in [0, 0.05) is 42.7 Å². The molecule has 0 fully saturated rings. The number of benzene rings is 1. The number of amides is 1. The van der Waals surface area contributed by atoms with Gasteiger partial charge in [0.2, 0.25) is 5.91 Å². The van der Waals surface area contributed by atoms with Crippen molar-refractivity contribution in [3.8, 4) is 0 Å². The molecule has 8 heteroatoms. The number of aromatic nitrogens is 2. The summed E-state index contributed by atoms with van der Waals surface area (Å²) < 4.78 is 1.83. The minimum atomic E-state index is -0.493. The first kappa shape index (κ1) is 16.6. The predicted molar refractivity (Wildman–Crippen MR) is 86.0 cm³/mol. The van der Waals surface area contributed by atoms with Crippen LogP contribution >= 0.6 is 0 Å². The summed E-state index contributed by atoms with van der Waals surface area (Å²) in [5, 5.41) is 17.6. The van der Waals surface area contributed by atoms with E-state index in [-0.39, 0.29) is 18.1 Å². The molecule has 0 spiro atoms. The van der Waals surface area contributed by atoms with E-state index in [1.54, 1.807) is 12.3 Å². The van der Waals surface area contributed by atoms with Crippen molar-refractivity contribution in [2.75, 3.05) is 18.9 Å². The molecular weight excluding hydrogens is 298 g/mol. The maximum Gasteiger partial charge on any atom is 0.271 e. The van der Waals surface area contributed by atoms with Gasteiger partial charge in [-0.3, -0.25) is 24.5 Å². The first-order valence-corrected chi connectivity index (χ1v) is 7.22. The molecule has 1 aromatic heterocycles. The Morgan fingerprint density at radius 1 is 1.48 bits per heavy atom. The van der Waals surface area contributed by atoms with E-state index in [1.807, 2.05) is 29.7 Å². The number of nitrogens with one attached hydrogen (secondary N) is 1. The lowest BCUT2D eigenvalue weighted by Gasteiger charge is -2.15. The average molecular weight is 317 g/mol. The van der Waals surface area contributed by atoms with Gasteiger partial charge in [-0.1, -0.05) is 6.07 Å². The van der Waals surface area contributed by atoms with E-state index in [0.29, 0.717) is 12.2 Å². The van der Waals surface area contributed by atoms with Crippen molar-refractivity contribution in [3.05, 3.63) is 52.3 Å². The van der Waals surface area contributed by atoms with Crippen molar-refractivity contribution >= 4 is 17.3 Å². The lowest BCUT2D eigenvalue weighted by Crippen LogP contribution is -2.29. The van der Waals surface area contributed by atoms with E-state index in [0.717, 1.165) is 12.1 Å². The zero-order valence-corrected chi connectivity index (χ0v) is 13.1. The molecule has 2 rings (SSSR count). The molecule has 0 radical (unpaired) electrons. The lowest BCUT2D eigenvalue weighted by atomic mass is 10.3. The quantitative estimate of drug-likeness (QED) is 0.621. The summed E-state index contributed by atoms with van der Waals surface area (Å²) in [5.74, 6) is -0.226. The number of anilines is 1. The van der Waals surface area contributed by atoms with E-state index in [4.69, 9.17) is 0 Å². The molecule has 0 saturated heterocycles. The van der Waals surface area contributed by atoms with Gasteiger partial charge < -0.3 is 5.32 Å². The van der Waals surface area contributed by atoms with Crippen LogP contribution in [0.3, 0.4) is 0 Å². The minimum Gasteiger partial charge on any atom is -0.325 e. The minimum absolute atomic E-state index is 0.0527. The van der Waals surface area contributed by atoms with Crippen LogP contribution in [-0.2, 0) is 17.9 Å². The number of likely N-dealkylation sites (N-methyl/N-ethyl adjacent to an activating group) is 1. The van der Waals surface area contributed by atoms with E-state index in [1.165, 1.54) is 18.2 Å². The number of non-ortho nitro benzene ring substituents is 1. The second-order valence-electron chi connectivity index (χ2n) is 5.23. The van der Waals surface area contributed by atoms with Crippen molar-refractivity contribution in [1.29, 1.82) is 0 Å². The SMILES string of the molecule is CCn1cc(CN(C)CC(=O)Nc2cccc([N+](=O)[O-])c2)cn1. The van der Waals surface area contributed by atoms with Crippen LogP contribution in [0.4, 0.5) is 11.4 Å². The topological polar surface area (TPSA) is 93.3 Å². The summed E-state index contributed by atoms with van der Waals surface area (Å²) in [7, 11) is 1.83. The molecule has 1 heterocycles. The Bertz CT molecular complexity index is 698. The maximum absolute atomic E-state index is 12.0. The van der Waals surface area contributed by atoms with Crippen LogP contribution in [0, 0.1) is 10.1 Å². The molecule has 0 aliphatic rings. The number of carbonyl (C=O) groups is 1. The first-order chi connectivity index (χ1) is 11.0. The molecule has 0 aliphatic carbocycles. The predicted octanol–water partition coefficient (Wildman–Crippen LogP) is 1.88. The second-order valence-corrected chi connectivity index (χ2v) is 5.23. The Kier molecular flexibility index (Phi) is 5.42. The number of hydrogen-bond acceptors (Lipinski definition) is 5. The Morgan fingerprint density at radius 3 is 2.91 bits per heavy atom. The van der Waals surface area contributed by atoms with Gasteiger partial charge in [0.05, 0.1) is 17.7 Å². The van der Waals surface area contributed by atoms with Crippen molar-refractivity contribution in [2.45, 2.75) is 20.0 Å². The Morgan fingerprint density at radius 2 is 2.26 bits per heavy atom. The molecule has 8 nitrogen and oxygen atoms in total. The molecule has 1 aromatic carbocycles. The van der Waals surface area contributed by atoms with Gasteiger partial charge in [-0.2, -0.15) is 5.10 Å². The molecule has 0 bridgehead atoms. The van der Waals surface area contributed by atoms with Crippen molar-refractivity contribution in [2.24, 2.45) is 0 Å². The van der Waals surface area contributed by atoms with Gasteiger partial charge in [0.1, 0.15) is 0 Å². The van der Waals surface area contributed by atoms with E-state index in [2.05, 4.69) is 10.4 Å². The molecule has 0 atom stereocenters. The molecule has 1 N–H and O–H groups in total. The van der Waals surface area contributed by atoms with Crippen LogP contribution in [0.2, 0.25) is 0 Å². The zero-order chi connectivity index (χ0) is 16.8. The molecule has 2 aromatic rings. The van der Waals surface area contributed by atoms with Gasteiger partial charge >= 0.3 is 0 Å². The van der Waals surface area contributed by atoms with E-state index in [9.17, 15) is 14.9 Å². The number of nitro groups is 1. The molecular formula is C15H19N5O3. The van der Waals surface area contributed by atoms with Gasteiger partial charge in [0.25, 0.3) is 5.69 Å². The van der Waals surface area contributed by atoms with Crippen LogP contribution < -0.4 is 5.32 Å². The van der Waals surface area contributed by atoms with Crippen LogP contribution in [0.25, 0.3) is 0 Å². The Hall–Kier alpha value is -2.74. The Balaban J connectivity index is 1.88. The molecule has 1 amide bonds. The standard InChI is InChI=1S/C15H19N5O3/c1-3-19-10-12(8-16-19)9-18(2)11-15(21)17-13-5-4-6-14(7-13)20(22)23/h4-8,10H,3,9,11H2,1-2H3,(H,17,21). The number of carbonyl (C=O) groups excluding carboxylic acids is 1. The highest BCUT2D eigenvalue weighted by molar-refractivity contribution is 5.92.